The molecule has 1 atom stereocenters. The summed E-state index contributed by atoms with van der Waals surface area (Å²) in [7, 11) is 0. The van der Waals surface area contributed by atoms with Crippen LogP contribution in [0.4, 0.5) is 5.69 Å². The number of hydrogen-bond donors (Lipinski definition) is 2. The number of benzene rings is 2. The monoisotopic (exact) mass is 279 g/mol. The van der Waals surface area contributed by atoms with Gasteiger partial charge in [0.2, 0.25) is 0 Å². The van der Waals surface area contributed by atoms with Gasteiger partial charge in [-0.25, -0.2) is 0 Å². The number of rotatable bonds is 4. The van der Waals surface area contributed by atoms with Crippen molar-refractivity contribution in [2.24, 2.45) is 0 Å². The van der Waals surface area contributed by atoms with E-state index in [1.165, 1.54) is 0 Å². The van der Waals surface area contributed by atoms with Crippen LogP contribution in [0.15, 0.2) is 60.7 Å². The van der Waals surface area contributed by atoms with Gasteiger partial charge in [-0.3, -0.25) is 5.10 Å². The van der Waals surface area contributed by atoms with E-state index >= 15 is 0 Å². The van der Waals surface area contributed by atoms with Crippen LogP contribution in [0.1, 0.15) is 18.7 Å². The maximum absolute atomic E-state index is 5.88. The lowest BCUT2D eigenvalue weighted by Crippen LogP contribution is -2.03. The number of hydrogen-bond acceptors (Lipinski definition) is 3. The van der Waals surface area contributed by atoms with Gasteiger partial charge in [-0.15, -0.1) is 0 Å². The van der Waals surface area contributed by atoms with Gasteiger partial charge < -0.3 is 10.5 Å². The van der Waals surface area contributed by atoms with Crippen LogP contribution in [-0.2, 0) is 0 Å². The van der Waals surface area contributed by atoms with E-state index < -0.39 is 0 Å². The second kappa shape index (κ2) is 5.71. The van der Waals surface area contributed by atoms with Crippen LogP contribution in [0.3, 0.4) is 0 Å². The minimum Gasteiger partial charge on any atom is -0.484 e. The molecular weight excluding hydrogens is 262 g/mol. The Labute approximate surface area is 123 Å². The van der Waals surface area contributed by atoms with Crippen molar-refractivity contribution in [1.29, 1.82) is 0 Å². The zero-order chi connectivity index (χ0) is 14.7. The fraction of sp³-hybridized carbons (Fsp3) is 0.118. The third kappa shape index (κ3) is 3.05. The van der Waals surface area contributed by atoms with Gasteiger partial charge >= 0.3 is 0 Å². The van der Waals surface area contributed by atoms with Crippen molar-refractivity contribution in [3.63, 3.8) is 0 Å². The number of nitrogens with two attached hydrogens (primary N) is 1. The Morgan fingerprint density at radius 1 is 1.05 bits per heavy atom. The van der Waals surface area contributed by atoms with E-state index in [0.29, 0.717) is 0 Å². The van der Waals surface area contributed by atoms with Crippen molar-refractivity contribution in [3.05, 3.63) is 66.4 Å². The van der Waals surface area contributed by atoms with Crippen molar-refractivity contribution >= 4 is 5.69 Å². The van der Waals surface area contributed by atoms with Crippen molar-refractivity contribution in [2.45, 2.75) is 13.0 Å². The molecule has 0 fully saturated rings. The Balaban J connectivity index is 1.76. The second-order valence-corrected chi connectivity index (χ2v) is 4.90. The van der Waals surface area contributed by atoms with Crippen LogP contribution in [0.5, 0.6) is 5.75 Å². The van der Waals surface area contributed by atoms with E-state index in [1.807, 2.05) is 67.6 Å². The number of nitrogen functional groups attached to an aromatic ring is 1. The number of H-pyrrole nitrogens is 1. The van der Waals surface area contributed by atoms with Crippen LogP contribution < -0.4 is 10.5 Å². The smallest absolute Gasteiger partial charge is 0.137 e. The zero-order valence-corrected chi connectivity index (χ0v) is 11.8. The quantitative estimate of drug-likeness (QED) is 0.714. The Morgan fingerprint density at radius 2 is 1.76 bits per heavy atom. The van der Waals surface area contributed by atoms with Crippen LogP contribution in [0, 0.1) is 0 Å². The molecule has 0 amide bonds. The second-order valence-electron chi connectivity index (χ2n) is 4.90. The summed E-state index contributed by atoms with van der Waals surface area (Å²) in [5.41, 5.74) is 9.29. The highest BCUT2D eigenvalue weighted by molar-refractivity contribution is 5.62. The third-order valence-electron chi connectivity index (χ3n) is 3.30. The summed E-state index contributed by atoms with van der Waals surface area (Å²) in [4.78, 5) is 0. The zero-order valence-electron chi connectivity index (χ0n) is 11.8. The number of aromatic amines is 1. The molecule has 4 nitrogen and oxygen atoms in total. The maximum Gasteiger partial charge on any atom is 0.137 e. The third-order valence-corrected chi connectivity index (χ3v) is 3.30. The normalized spacial score (nSPS) is 12.0. The molecule has 106 valence electrons. The van der Waals surface area contributed by atoms with Gasteiger partial charge in [-0.2, -0.15) is 5.10 Å². The number of nitrogens with zero attached hydrogens (tertiary/aromatic N) is 1. The predicted octanol–water partition coefficient (Wildman–Crippen LogP) is 3.80. The molecule has 1 unspecified atom stereocenters. The Kier molecular flexibility index (Phi) is 3.60. The molecule has 0 aliphatic heterocycles. The first kappa shape index (κ1) is 13.2. The summed E-state index contributed by atoms with van der Waals surface area (Å²) in [6, 6.07) is 19.4. The molecule has 3 rings (SSSR count). The maximum atomic E-state index is 5.88. The molecule has 0 bridgehead atoms. The molecule has 3 aromatic rings. The van der Waals surface area contributed by atoms with E-state index in [2.05, 4.69) is 10.2 Å². The first-order valence-electron chi connectivity index (χ1n) is 6.85. The molecular formula is C17H17N3O. The van der Waals surface area contributed by atoms with Gasteiger partial charge in [0.25, 0.3) is 0 Å². The van der Waals surface area contributed by atoms with E-state index in [9.17, 15) is 0 Å². The standard InChI is InChI=1S/C17H17N3O/c1-12(21-15-5-3-2-4-6-15)16-11-17(20-19-16)13-7-9-14(18)10-8-13/h2-12H,18H2,1H3,(H,19,20). The Hall–Kier alpha value is -2.75. The molecule has 0 saturated heterocycles. The number of nitrogens with one attached hydrogen (secondary N) is 1. The molecule has 1 heterocycles. The molecule has 0 radical (unpaired) electrons. The summed E-state index contributed by atoms with van der Waals surface area (Å²) in [6.07, 6.45) is -0.0950. The minimum absolute atomic E-state index is 0.0950. The SMILES string of the molecule is CC(Oc1ccccc1)c1cc(-c2ccc(N)cc2)n[nH]1. The Morgan fingerprint density at radius 3 is 2.48 bits per heavy atom. The van der Waals surface area contributed by atoms with Gasteiger partial charge in [0.1, 0.15) is 11.9 Å². The summed E-state index contributed by atoms with van der Waals surface area (Å²) < 4.78 is 5.88. The van der Waals surface area contributed by atoms with E-state index in [1.54, 1.807) is 0 Å². The van der Waals surface area contributed by atoms with E-state index in [4.69, 9.17) is 10.5 Å². The average molecular weight is 279 g/mol. The summed E-state index contributed by atoms with van der Waals surface area (Å²) in [5, 5.41) is 7.37. The lowest BCUT2D eigenvalue weighted by atomic mass is 10.1. The number of aromatic nitrogens is 2. The highest BCUT2D eigenvalue weighted by Crippen LogP contribution is 2.24. The lowest BCUT2D eigenvalue weighted by molar-refractivity contribution is 0.222. The molecule has 0 spiro atoms. The molecule has 0 aliphatic rings. The van der Waals surface area contributed by atoms with Gasteiger partial charge in [0.15, 0.2) is 0 Å². The largest absolute Gasteiger partial charge is 0.484 e. The average Bonchev–Trinajstić information content (AvgIpc) is 2.99. The van der Waals surface area contributed by atoms with Gasteiger partial charge in [-0.05, 0) is 37.3 Å². The fourth-order valence-electron chi connectivity index (χ4n) is 2.11. The molecule has 21 heavy (non-hydrogen) atoms. The van der Waals surface area contributed by atoms with Gasteiger partial charge in [0.05, 0.1) is 11.4 Å². The van der Waals surface area contributed by atoms with Gasteiger partial charge in [-0.1, -0.05) is 30.3 Å². The highest BCUT2D eigenvalue weighted by Gasteiger charge is 2.11. The molecule has 0 saturated carbocycles. The Bertz CT molecular complexity index is 704. The molecule has 3 N–H and O–H groups in total. The number of anilines is 1. The van der Waals surface area contributed by atoms with Crippen molar-refractivity contribution in [1.82, 2.24) is 10.2 Å². The minimum atomic E-state index is -0.0950. The summed E-state index contributed by atoms with van der Waals surface area (Å²) >= 11 is 0. The van der Waals surface area contributed by atoms with Crippen molar-refractivity contribution < 1.29 is 4.74 Å². The fourth-order valence-corrected chi connectivity index (χ4v) is 2.11. The van der Waals surface area contributed by atoms with E-state index in [-0.39, 0.29) is 6.10 Å². The number of ether oxygens (including phenoxy) is 1. The van der Waals surface area contributed by atoms with Crippen LogP contribution in [0.2, 0.25) is 0 Å². The molecule has 1 aromatic heterocycles. The van der Waals surface area contributed by atoms with Crippen molar-refractivity contribution in [2.75, 3.05) is 5.73 Å². The van der Waals surface area contributed by atoms with Crippen LogP contribution in [-0.4, -0.2) is 10.2 Å². The van der Waals surface area contributed by atoms with Crippen molar-refractivity contribution in [3.8, 4) is 17.0 Å². The first-order chi connectivity index (χ1) is 10.2. The summed E-state index contributed by atoms with van der Waals surface area (Å²) in [6.45, 7) is 1.99. The topological polar surface area (TPSA) is 63.9 Å². The molecule has 0 aliphatic carbocycles. The van der Waals surface area contributed by atoms with Crippen LogP contribution in [0.25, 0.3) is 11.3 Å². The molecule has 2 aromatic carbocycles. The first-order valence-corrected chi connectivity index (χ1v) is 6.85. The predicted molar refractivity (Wildman–Crippen MR) is 83.9 cm³/mol. The van der Waals surface area contributed by atoms with Crippen LogP contribution >= 0.6 is 0 Å². The van der Waals surface area contributed by atoms with E-state index in [0.717, 1.165) is 28.4 Å². The molecule has 4 heteroatoms. The highest BCUT2D eigenvalue weighted by atomic mass is 16.5. The summed E-state index contributed by atoms with van der Waals surface area (Å²) in [5.74, 6) is 0.841. The van der Waals surface area contributed by atoms with Gasteiger partial charge in [0, 0.05) is 11.3 Å². The lowest BCUT2D eigenvalue weighted by Gasteiger charge is -2.12. The number of para-hydroxylation sites is 1.